The lowest BCUT2D eigenvalue weighted by Gasteiger charge is -2.32. The first kappa shape index (κ1) is 20.0. The van der Waals surface area contributed by atoms with Crippen molar-refractivity contribution < 1.29 is 18.5 Å². The number of para-hydroxylation sites is 1. The summed E-state index contributed by atoms with van der Waals surface area (Å²) in [6, 6.07) is 14.6. The van der Waals surface area contributed by atoms with Crippen molar-refractivity contribution in [3.8, 4) is 11.5 Å². The smallest absolute Gasteiger partial charge is 0.259 e. The Morgan fingerprint density at radius 2 is 2.00 bits per heavy atom. The number of fused-ring (bicyclic) bond motifs is 1. The number of anilines is 1. The number of amides is 2. The summed E-state index contributed by atoms with van der Waals surface area (Å²) in [6.07, 6.45) is 3.04. The average Bonchev–Trinajstić information content (AvgIpc) is 3.49. The quantitative estimate of drug-likeness (QED) is 0.518. The molecule has 8 nitrogen and oxygen atoms in total. The van der Waals surface area contributed by atoms with Crippen LogP contribution in [0.3, 0.4) is 0 Å². The highest BCUT2D eigenvalue weighted by Crippen LogP contribution is 2.29. The molecule has 0 aliphatic carbocycles. The first-order chi connectivity index (χ1) is 15.6. The number of furan rings is 1. The van der Waals surface area contributed by atoms with Gasteiger partial charge in [-0.25, -0.2) is 4.98 Å². The van der Waals surface area contributed by atoms with Gasteiger partial charge in [-0.05, 0) is 50.1 Å². The Hall–Kier alpha value is -3.94. The lowest BCUT2D eigenvalue weighted by atomic mass is 9.96. The molecule has 1 N–H and O–H groups in total. The van der Waals surface area contributed by atoms with Crippen molar-refractivity contribution in [2.45, 2.75) is 19.8 Å². The Labute approximate surface area is 184 Å². The molecule has 0 unspecified atom stereocenters. The van der Waals surface area contributed by atoms with Gasteiger partial charge in [-0.3, -0.25) is 9.59 Å². The van der Waals surface area contributed by atoms with Crippen LogP contribution in [-0.4, -0.2) is 39.9 Å². The van der Waals surface area contributed by atoms with Crippen LogP contribution in [0.5, 0.6) is 0 Å². The van der Waals surface area contributed by atoms with Gasteiger partial charge >= 0.3 is 0 Å². The van der Waals surface area contributed by atoms with Crippen molar-refractivity contribution in [1.82, 2.24) is 15.0 Å². The van der Waals surface area contributed by atoms with Crippen molar-refractivity contribution in [3.05, 3.63) is 66.1 Å². The molecule has 1 atom stereocenters. The van der Waals surface area contributed by atoms with Gasteiger partial charge in [-0.2, -0.15) is 0 Å². The molecule has 5 rings (SSSR count). The van der Waals surface area contributed by atoms with E-state index in [-0.39, 0.29) is 23.4 Å². The molecule has 2 amide bonds. The number of carbonyl (C=O) groups is 2. The van der Waals surface area contributed by atoms with E-state index in [0.29, 0.717) is 41.2 Å². The first-order valence-corrected chi connectivity index (χ1v) is 10.6. The number of hydrogen-bond donors (Lipinski definition) is 1. The number of nitrogens with zero attached hydrogens (tertiary/aromatic N) is 3. The molecule has 0 bridgehead atoms. The molecule has 0 saturated carbocycles. The predicted molar refractivity (Wildman–Crippen MR) is 118 cm³/mol. The Morgan fingerprint density at radius 3 is 2.78 bits per heavy atom. The fourth-order valence-electron chi connectivity index (χ4n) is 4.13. The molecule has 4 heterocycles. The van der Waals surface area contributed by atoms with Gasteiger partial charge in [-0.1, -0.05) is 23.4 Å². The topological polar surface area (TPSA) is 101 Å². The second kappa shape index (κ2) is 8.30. The molecule has 1 saturated heterocycles. The van der Waals surface area contributed by atoms with Crippen molar-refractivity contribution in [1.29, 1.82) is 0 Å². The summed E-state index contributed by atoms with van der Waals surface area (Å²) < 4.78 is 10.8. The Morgan fingerprint density at radius 1 is 1.16 bits per heavy atom. The predicted octanol–water partition coefficient (Wildman–Crippen LogP) is 4.28. The first-order valence-electron chi connectivity index (χ1n) is 10.6. The average molecular weight is 430 g/mol. The molecule has 162 valence electrons. The van der Waals surface area contributed by atoms with Crippen molar-refractivity contribution in [3.63, 3.8) is 0 Å². The van der Waals surface area contributed by atoms with E-state index in [1.807, 2.05) is 30.3 Å². The maximum absolute atomic E-state index is 13.6. The summed E-state index contributed by atoms with van der Waals surface area (Å²) in [7, 11) is 0. The number of hydrogen-bond acceptors (Lipinski definition) is 6. The van der Waals surface area contributed by atoms with E-state index in [4.69, 9.17) is 8.94 Å². The highest BCUT2D eigenvalue weighted by Gasteiger charge is 2.31. The van der Waals surface area contributed by atoms with Crippen LogP contribution in [0.1, 0.15) is 28.9 Å². The van der Waals surface area contributed by atoms with Gasteiger partial charge in [0.15, 0.2) is 5.76 Å². The third kappa shape index (κ3) is 3.75. The minimum atomic E-state index is -0.279. The summed E-state index contributed by atoms with van der Waals surface area (Å²) in [5, 5.41) is 7.53. The number of rotatable bonds is 4. The van der Waals surface area contributed by atoms with Crippen LogP contribution in [0.25, 0.3) is 22.6 Å². The maximum Gasteiger partial charge on any atom is 0.259 e. The number of nitrogens with one attached hydrogen (secondary N) is 1. The summed E-state index contributed by atoms with van der Waals surface area (Å²) in [4.78, 5) is 32.6. The third-order valence-electron chi connectivity index (χ3n) is 5.74. The number of pyridine rings is 1. The molecule has 1 aliphatic rings. The molecule has 4 aromatic rings. The van der Waals surface area contributed by atoms with Crippen molar-refractivity contribution >= 4 is 28.6 Å². The van der Waals surface area contributed by atoms with E-state index in [9.17, 15) is 9.59 Å². The summed E-state index contributed by atoms with van der Waals surface area (Å²) in [5.74, 6) is 0.00633. The Kier molecular flexibility index (Phi) is 5.18. The number of carbonyl (C=O) groups excluding carboxylic acids is 2. The SMILES string of the molecule is Cc1noc2nc(-c3ccco3)cc(C(=O)N3CCC[C@H](C(=O)Nc4ccccc4)C3)c12. The molecule has 3 aromatic heterocycles. The summed E-state index contributed by atoms with van der Waals surface area (Å²) in [5.41, 5.74) is 2.58. The van der Waals surface area contributed by atoms with Crippen LogP contribution in [-0.2, 0) is 4.79 Å². The highest BCUT2D eigenvalue weighted by molar-refractivity contribution is 6.07. The number of likely N-dealkylation sites (tertiary alicyclic amines) is 1. The summed E-state index contributed by atoms with van der Waals surface area (Å²) in [6.45, 7) is 2.71. The molecule has 32 heavy (non-hydrogen) atoms. The fraction of sp³-hybridized carbons (Fsp3) is 0.250. The fourth-order valence-corrected chi connectivity index (χ4v) is 4.13. The molecule has 1 aliphatic heterocycles. The minimum absolute atomic E-state index is 0.0778. The Balaban J connectivity index is 1.42. The third-order valence-corrected chi connectivity index (χ3v) is 5.74. The number of aryl methyl sites for hydroxylation is 1. The molecular formula is C24H22N4O4. The summed E-state index contributed by atoms with van der Waals surface area (Å²) >= 11 is 0. The molecular weight excluding hydrogens is 408 g/mol. The van der Waals surface area contributed by atoms with E-state index < -0.39 is 0 Å². The van der Waals surface area contributed by atoms with Gasteiger partial charge in [0.2, 0.25) is 5.91 Å². The van der Waals surface area contributed by atoms with Crippen LogP contribution in [0, 0.1) is 12.8 Å². The lowest BCUT2D eigenvalue weighted by Crippen LogP contribution is -2.43. The zero-order valence-corrected chi connectivity index (χ0v) is 17.6. The second-order valence-electron chi connectivity index (χ2n) is 7.93. The van der Waals surface area contributed by atoms with E-state index in [1.54, 1.807) is 36.3 Å². The standard InChI is InChI=1S/C24H22N4O4/c1-15-21-18(13-19(20-10-6-12-31-20)26-23(21)32-27-15)24(30)28-11-5-7-16(14-28)22(29)25-17-8-3-2-4-9-17/h2-4,6,8-10,12-13,16H,5,7,11,14H2,1H3,(H,25,29)/t16-/m0/s1. The van der Waals surface area contributed by atoms with E-state index in [1.165, 1.54) is 0 Å². The van der Waals surface area contributed by atoms with Gasteiger partial charge in [0.1, 0.15) is 5.69 Å². The molecule has 0 spiro atoms. The number of benzene rings is 1. The van der Waals surface area contributed by atoms with Gasteiger partial charge in [-0.15, -0.1) is 0 Å². The lowest BCUT2D eigenvalue weighted by molar-refractivity contribution is -0.121. The molecule has 0 radical (unpaired) electrons. The van der Waals surface area contributed by atoms with E-state index >= 15 is 0 Å². The van der Waals surface area contributed by atoms with Gasteiger partial charge in [0.05, 0.1) is 28.8 Å². The highest BCUT2D eigenvalue weighted by atomic mass is 16.5. The monoisotopic (exact) mass is 430 g/mol. The van der Waals surface area contributed by atoms with Crippen LogP contribution in [0.4, 0.5) is 5.69 Å². The van der Waals surface area contributed by atoms with Gasteiger partial charge < -0.3 is 19.2 Å². The van der Waals surface area contributed by atoms with Gasteiger partial charge in [0, 0.05) is 18.8 Å². The maximum atomic E-state index is 13.6. The molecule has 1 fully saturated rings. The molecule has 1 aromatic carbocycles. The van der Waals surface area contributed by atoms with Crippen LogP contribution < -0.4 is 5.32 Å². The zero-order chi connectivity index (χ0) is 22.1. The largest absolute Gasteiger partial charge is 0.463 e. The van der Waals surface area contributed by atoms with Gasteiger partial charge in [0.25, 0.3) is 11.6 Å². The van der Waals surface area contributed by atoms with Crippen LogP contribution in [0.15, 0.2) is 63.7 Å². The number of aromatic nitrogens is 2. The second-order valence-corrected chi connectivity index (χ2v) is 7.93. The Bertz CT molecular complexity index is 1260. The van der Waals surface area contributed by atoms with E-state index in [0.717, 1.165) is 18.5 Å². The molecule has 8 heteroatoms. The van der Waals surface area contributed by atoms with Crippen molar-refractivity contribution in [2.24, 2.45) is 5.92 Å². The van der Waals surface area contributed by atoms with Crippen LogP contribution >= 0.6 is 0 Å². The van der Waals surface area contributed by atoms with Crippen molar-refractivity contribution in [2.75, 3.05) is 18.4 Å². The normalized spacial score (nSPS) is 16.3. The zero-order valence-electron chi connectivity index (χ0n) is 17.6. The minimum Gasteiger partial charge on any atom is -0.463 e. The number of piperidine rings is 1. The van der Waals surface area contributed by atoms with Crippen LogP contribution in [0.2, 0.25) is 0 Å². The van der Waals surface area contributed by atoms with E-state index in [2.05, 4.69) is 15.5 Å².